The molecule has 2 aliphatic heterocycles. The van der Waals surface area contributed by atoms with Gasteiger partial charge in [0.1, 0.15) is 12.4 Å². The van der Waals surface area contributed by atoms with E-state index in [9.17, 15) is 14.7 Å². The van der Waals surface area contributed by atoms with Gasteiger partial charge in [-0.25, -0.2) is 4.98 Å². The average molecular weight is 532 g/mol. The second-order valence-electron chi connectivity index (χ2n) is 11.0. The van der Waals surface area contributed by atoms with Crippen molar-refractivity contribution in [2.45, 2.75) is 39.7 Å². The van der Waals surface area contributed by atoms with Crippen LogP contribution in [0.15, 0.2) is 41.8 Å². The third-order valence-electron chi connectivity index (χ3n) is 8.41. The molecule has 2 saturated heterocycles. The first-order valence-electron chi connectivity index (χ1n) is 13.4. The lowest BCUT2D eigenvalue weighted by molar-refractivity contribution is -0.144. The zero-order valence-corrected chi connectivity index (χ0v) is 22.7. The van der Waals surface area contributed by atoms with Crippen LogP contribution >= 0.6 is 11.3 Å². The van der Waals surface area contributed by atoms with Crippen molar-refractivity contribution >= 4 is 28.3 Å². The summed E-state index contributed by atoms with van der Waals surface area (Å²) in [7, 11) is 0. The Hall–Kier alpha value is -3.39. The van der Waals surface area contributed by atoms with Crippen LogP contribution in [0.4, 0.5) is 5.13 Å². The van der Waals surface area contributed by atoms with E-state index in [0.29, 0.717) is 6.61 Å². The lowest BCUT2D eigenvalue weighted by Gasteiger charge is -2.35. The number of hydrogen-bond donors (Lipinski definition) is 1. The standard InChI is InChI=1S/C30H33N3O4S/c1-18-4-9-26(37-16-23-8-5-20(13-19(23)2)28(34)32-10-3-11-32)24(12-18)25-17-38-30(31-25)33-14-21-6-7-22(15-33)27(21)29(35)36/h4-5,8-9,12-13,17,21-22,27H,3,6-7,10-11,14-16H2,1-2H3,(H,35,36)/t21-,22?,27?/m1/s1. The van der Waals surface area contributed by atoms with Gasteiger partial charge in [-0.05, 0) is 80.3 Å². The largest absolute Gasteiger partial charge is 0.488 e. The summed E-state index contributed by atoms with van der Waals surface area (Å²) in [4.78, 5) is 33.4. The first-order valence-corrected chi connectivity index (χ1v) is 14.3. The SMILES string of the molecule is Cc1ccc(OCc2ccc(C(=O)N3CCC3)cc2C)c(-c2csc(N3CC4CC[C@H](C3)C4C(=O)O)n2)c1. The monoisotopic (exact) mass is 531 g/mol. The number of piperidine rings is 1. The Morgan fingerprint density at radius 2 is 1.84 bits per heavy atom. The van der Waals surface area contributed by atoms with Crippen LogP contribution in [-0.2, 0) is 11.4 Å². The maximum Gasteiger partial charge on any atom is 0.307 e. The summed E-state index contributed by atoms with van der Waals surface area (Å²) >= 11 is 1.61. The number of ether oxygens (including phenoxy) is 1. The van der Waals surface area contributed by atoms with Crippen molar-refractivity contribution in [3.63, 3.8) is 0 Å². The highest BCUT2D eigenvalue weighted by atomic mass is 32.1. The van der Waals surface area contributed by atoms with Crippen LogP contribution < -0.4 is 9.64 Å². The van der Waals surface area contributed by atoms with Gasteiger partial charge in [0.2, 0.25) is 0 Å². The molecule has 198 valence electrons. The van der Waals surface area contributed by atoms with Gasteiger partial charge in [0, 0.05) is 42.7 Å². The minimum Gasteiger partial charge on any atom is -0.488 e. The number of carboxylic acid groups (broad SMARTS) is 1. The second-order valence-corrected chi connectivity index (χ2v) is 11.8. The molecule has 38 heavy (non-hydrogen) atoms. The summed E-state index contributed by atoms with van der Waals surface area (Å²) in [6.45, 7) is 7.70. The van der Waals surface area contributed by atoms with Crippen molar-refractivity contribution < 1.29 is 19.4 Å². The number of thiazole rings is 1. The van der Waals surface area contributed by atoms with Crippen LogP contribution in [0.1, 0.15) is 46.3 Å². The molecule has 3 heterocycles. The van der Waals surface area contributed by atoms with Crippen molar-refractivity contribution in [1.29, 1.82) is 0 Å². The number of carbonyl (C=O) groups is 2. The quantitative estimate of drug-likeness (QED) is 0.440. The molecule has 1 aliphatic carbocycles. The molecule has 2 aromatic carbocycles. The third-order valence-corrected chi connectivity index (χ3v) is 9.31. The van der Waals surface area contributed by atoms with Gasteiger partial charge in [0.25, 0.3) is 5.91 Å². The lowest BCUT2D eigenvalue weighted by atomic mass is 9.85. The first-order chi connectivity index (χ1) is 18.4. The molecule has 2 unspecified atom stereocenters. The molecule has 3 fully saturated rings. The summed E-state index contributed by atoms with van der Waals surface area (Å²) in [5.41, 5.74) is 5.79. The predicted molar refractivity (Wildman–Crippen MR) is 148 cm³/mol. The average Bonchev–Trinajstić information content (AvgIpc) is 3.45. The summed E-state index contributed by atoms with van der Waals surface area (Å²) < 4.78 is 6.32. The molecular weight excluding hydrogens is 498 g/mol. The molecule has 3 aliphatic rings. The fourth-order valence-corrected chi connectivity index (χ4v) is 6.98. The number of fused-ring (bicyclic) bond motifs is 2. The van der Waals surface area contributed by atoms with E-state index in [1.165, 1.54) is 0 Å². The lowest BCUT2D eigenvalue weighted by Crippen LogP contribution is -2.44. The highest BCUT2D eigenvalue weighted by molar-refractivity contribution is 7.14. The van der Waals surface area contributed by atoms with Crippen LogP contribution in [0.5, 0.6) is 5.75 Å². The van der Waals surface area contributed by atoms with Gasteiger partial charge in [-0.15, -0.1) is 11.3 Å². The molecule has 1 aromatic heterocycles. The number of benzene rings is 2. The van der Waals surface area contributed by atoms with E-state index in [2.05, 4.69) is 23.3 Å². The highest BCUT2D eigenvalue weighted by Crippen LogP contribution is 2.44. The molecule has 8 heteroatoms. The summed E-state index contributed by atoms with van der Waals surface area (Å²) in [6.07, 6.45) is 3.05. The number of nitrogens with zero attached hydrogens (tertiary/aromatic N) is 3. The number of carboxylic acids is 1. The number of hydrogen-bond acceptors (Lipinski definition) is 6. The Balaban J connectivity index is 1.18. The fourth-order valence-electron chi connectivity index (χ4n) is 6.13. The number of rotatable bonds is 7. The molecule has 1 N–H and O–H groups in total. The number of aliphatic carboxylic acids is 1. The number of anilines is 1. The van der Waals surface area contributed by atoms with Crippen molar-refractivity contribution in [3.05, 3.63) is 64.0 Å². The Kier molecular flexibility index (Phi) is 6.60. The first kappa shape index (κ1) is 24.9. The molecule has 2 bridgehead atoms. The van der Waals surface area contributed by atoms with Gasteiger partial charge in [0.15, 0.2) is 5.13 Å². The molecular formula is C30H33N3O4S. The Bertz CT molecular complexity index is 1370. The Morgan fingerprint density at radius 3 is 2.50 bits per heavy atom. The van der Waals surface area contributed by atoms with Crippen molar-refractivity contribution in [1.82, 2.24) is 9.88 Å². The van der Waals surface area contributed by atoms with Gasteiger partial charge >= 0.3 is 5.97 Å². The van der Waals surface area contributed by atoms with Gasteiger partial charge < -0.3 is 19.6 Å². The minimum atomic E-state index is -0.647. The van der Waals surface area contributed by atoms with Gasteiger partial charge in [-0.1, -0.05) is 17.7 Å². The summed E-state index contributed by atoms with van der Waals surface area (Å²) in [5.74, 6) is 0.420. The van der Waals surface area contributed by atoms with Gasteiger partial charge in [-0.2, -0.15) is 0 Å². The van der Waals surface area contributed by atoms with E-state index in [1.807, 2.05) is 42.2 Å². The molecule has 0 radical (unpaired) electrons. The summed E-state index contributed by atoms with van der Waals surface area (Å²) in [5, 5.41) is 12.7. The number of aryl methyl sites for hydroxylation is 2. The maximum absolute atomic E-state index is 12.6. The third kappa shape index (κ3) is 4.66. The maximum atomic E-state index is 12.6. The molecule has 1 amide bonds. The van der Waals surface area contributed by atoms with E-state index in [1.54, 1.807) is 11.3 Å². The zero-order chi connectivity index (χ0) is 26.4. The smallest absolute Gasteiger partial charge is 0.307 e. The van der Waals surface area contributed by atoms with Crippen LogP contribution in [0.25, 0.3) is 11.3 Å². The number of likely N-dealkylation sites (tertiary alicyclic amines) is 1. The van der Waals surface area contributed by atoms with Gasteiger partial charge in [0.05, 0.1) is 11.6 Å². The minimum absolute atomic E-state index is 0.104. The van der Waals surface area contributed by atoms with Gasteiger partial charge in [-0.3, -0.25) is 9.59 Å². The molecule has 0 spiro atoms. The second kappa shape index (κ2) is 10.1. The van der Waals surface area contributed by atoms with Crippen molar-refractivity contribution in [3.8, 4) is 17.0 Å². The molecule has 3 atom stereocenters. The topological polar surface area (TPSA) is 83.0 Å². The van der Waals surface area contributed by atoms with Crippen LogP contribution in [-0.4, -0.2) is 53.0 Å². The summed E-state index contributed by atoms with van der Waals surface area (Å²) in [6, 6.07) is 12.0. The van der Waals surface area contributed by atoms with E-state index in [4.69, 9.17) is 9.72 Å². The van der Waals surface area contributed by atoms with E-state index in [0.717, 1.165) is 89.8 Å². The number of amides is 1. The normalized spacial score (nSPS) is 22.3. The zero-order valence-electron chi connectivity index (χ0n) is 21.9. The van der Waals surface area contributed by atoms with E-state index < -0.39 is 5.97 Å². The van der Waals surface area contributed by atoms with Crippen LogP contribution in [0.2, 0.25) is 0 Å². The van der Waals surface area contributed by atoms with Crippen molar-refractivity contribution in [2.24, 2.45) is 17.8 Å². The van der Waals surface area contributed by atoms with Crippen molar-refractivity contribution in [2.75, 3.05) is 31.1 Å². The predicted octanol–water partition coefficient (Wildman–Crippen LogP) is 5.40. The Labute approximate surface area is 227 Å². The van der Waals surface area contributed by atoms with E-state index >= 15 is 0 Å². The fraction of sp³-hybridized carbons (Fsp3) is 0.433. The Morgan fingerprint density at radius 1 is 1.08 bits per heavy atom. The molecule has 6 rings (SSSR count). The van der Waals surface area contributed by atoms with Crippen LogP contribution in [0, 0.1) is 31.6 Å². The number of carbonyl (C=O) groups excluding carboxylic acids is 1. The number of aromatic nitrogens is 1. The van der Waals surface area contributed by atoms with Crippen LogP contribution in [0.3, 0.4) is 0 Å². The molecule has 1 saturated carbocycles. The van der Waals surface area contributed by atoms with E-state index in [-0.39, 0.29) is 23.7 Å². The highest BCUT2D eigenvalue weighted by Gasteiger charge is 2.46. The molecule has 3 aromatic rings. The molecule has 7 nitrogen and oxygen atoms in total.